The highest BCUT2D eigenvalue weighted by Crippen LogP contribution is 2.35. The normalized spacial score (nSPS) is 20.2. The van der Waals surface area contributed by atoms with E-state index < -0.39 is 0 Å². The number of fused-ring (bicyclic) bond motifs is 1. The van der Waals surface area contributed by atoms with E-state index in [1.165, 1.54) is 12.1 Å². The van der Waals surface area contributed by atoms with E-state index in [0.717, 1.165) is 49.1 Å². The summed E-state index contributed by atoms with van der Waals surface area (Å²) in [6.45, 7) is 2.17. The zero-order valence-electron chi connectivity index (χ0n) is 17.4. The first-order valence-electron chi connectivity index (χ1n) is 11.0. The third-order valence-electron chi connectivity index (χ3n) is 6.25. The molecule has 2 saturated heterocycles. The van der Waals surface area contributed by atoms with Crippen molar-refractivity contribution in [1.82, 2.24) is 14.5 Å². The molecule has 0 saturated carbocycles. The number of rotatable bonds is 4. The summed E-state index contributed by atoms with van der Waals surface area (Å²) in [5.41, 5.74) is 2.84. The number of carbonyl (C=O) groups is 1. The predicted molar refractivity (Wildman–Crippen MR) is 118 cm³/mol. The molecule has 5 rings (SSSR count). The number of amides is 1. The number of imidazole rings is 1. The molecule has 0 N–H and O–H groups in total. The second-order valence-corrected chi connectivity index (χ2v) is 8.28. The van der Waals surface area contributed by atoms with Gasteiger partial charge in [0.15, 0.2) is 0 Å². The molecular weight excluding hydrogens is 393 g/mol. The molecule has 0 spiro atoms. The first-order valence-corrected chi connectivity index (χ1v) is 11.0. The summed E-state index contributed by atoms with van der Waals surface area (Å²) in [6, 6.07) is 14.8. The van der Waals surface area contributed by atoms with Crippen molar-refractivity contribution in [2.24, 2.45) is 0 Å². The van der Waals surface area contributed by atoms with Gasteiger partial charge in [0.25, 0.3) is 0 Å². The molecule has 160 valence electrons. The second kappa shape index (κ2) is 8.63. The molecule has 1 amide bonds. The summed E-state index contributed by atoms with van der Waals surface area (Å²) in [4.78, 5) is 19.4. The fourth-order valence-corrected chi connectivity index (χ4v) is 4.68. The van der Waals surface area contributed by atoms with Crippen LogP contribution in [0.2, 0.25) is 0 Å². The van der Waals surface area contributed by atoms with Crippen molar-refractivity contribution >= 4 is 23.0 Å². The van der Waals surface area contributed by atoms with E-state index in [-0.39, 0.29) is 17.8 Å². The molecule has 3 heterocycles. The molecule has 2 fully saturated rings. The zero-order chi connectivity index (χ0) is 21.2. The maximum absolute atomic E-state index is 13.3. The Kier molecular flexibility index (Phi) is 5.55. The van der Waals surface area contributed by atoms with Gasteiger partial charge in [-0.15, -0.1) is 0 Å². The van der Waals surface area contributed by atoms with Crippen molar-refractivity contribution in [2.45, 2.75) is 37.8 Å². The summed E-state index contributed by atoms with van der Waals surface area (Å²) in [7, 11) is 0. The number of piperidine rings is 1. The Morgan fingerprint density at radius 2 is 1.94 bits per heavy atom. The van der Waals surface area contributed by atoms with Crippen LogP contribution >= 0.6 is 0 Å². The standard InChI is InChI=1S/C25H26FN3O2/c26-19-6-3-5-18(17-19)10-11-24(30)28-14-12-20(13-15-28)29-22-8-2-1-7-21(22)27-25(29)23-9-4-16-31-23/h1-3,5-8,10-11,17,20,23H,4,9,12-16H2. The number of para-hydroxylation sites is 2. The molecule has 1 aromatic heterocycles. The Bertz CT molecular complexity index is 1110. The molecule has 2 aromatic carbocycles. The van der Waals surface area contributed by atoms with Gasteiger partial charge in [-0.05, 0) is 61.6 Å². The maximum atomic E-state index is 13.3. The lowest BCUT2D eigenvalue weighted by Crippen LogP contribution is -2.38. The van der Waals surface area contributed by atoms with Crippen LogP contribution in [0.25, 0.3) is 17.1 Å². The first-order chi connectivity index (χ1) is 15.2. The molecule has 2 aliphatic heterocycles. The van der Waals surface area contributed by atoms with E-state index in [9.17, 15) is 9.18 Å². The summed E-state index contributed by atoms with van der Waals surface area (Å²) in [5, 5.41) is 0. The van der Waals surface area contributed by atoms with Crippen LogP contribution in [0.1, 0.15) is 49.2 Å². The molecule has 1 unspecified atom stereocenters. The van der Waals surface area contributed by atoms with Gasteiger partial charge < -0.3 is 14.2 Å². The molecule has 6 heteroatoms. The van der Waals surface area contributed by atoms with Crippen LogP contribution in [-0.4, -0.2) is 40.1 Å². The fourth-order valence-electron chi connectivity index (χ4n) is 4.68. The highest BCUT2D eigenvalue weighted by Gasteiger charge is 2.30. The van der Waals surface area contributed by atoms with E-state index in [0.29, 0.717) is 24.7 Å². The smallest absolute Gasteiger partial charge is 0.246 e. The van der Waals surface area contributed by atoms with Gasteiger partial charge in [-0.3, -0.25) is 4.79 Å². The third-order valence-corrected chi connectivity index (χ3v) is 6.25. The topological polar surface area (TPSA) is 47.4 Å². The largest absolute Gasteiger partial charge is 0.370 e. The highest BCUT2D eigenvalue weighted by atomic mass is 19.1. The Morgan fingerprint density at radius 1 is 1.10 bits per heavy atom. The quantitative estimate of drug-likeness (QED) is 0.565. The minimum atomic E-state index is -0.301. The van der Waals surface area contributed by atoms with E-state index in [4.69, 9.17) is 9.72 Å². The first kappa shape index (κ1) is 19.9. The van der Waals surface area contributed by atoms with E-state index in [1.54, 1.807) is 24.3 Å². The average molecular weight is 420 g/mol. The Hall–Kier alpha value is -2.99. The van der Waals surface area contributed by atoms with E-state index in [1.807, 2.05) is 11.0 Å². The summed E-state index contributed by atoms with van der Waals surface area (Å²) >= 11 is 0. The van der Waals surface area contributed by atoms with Crippen LogP contribution in [0.15, 0.2) is 54.6 Å². The van der Waals surface area contributed by atoms with Crippen LogP contribution in [0.5, 0.6) is 0 Å². The number of benzene rings is 2. The monoisotopic (exact) mass is 419 g/mol. The summed E-state index contributed by atoms with van der Waals surface area (Å²) in [6.07, 6.45) is 7.10. The number of likely N-dealkylation sites (tertiary alicyclic amines) is 1. The lowest BCUT2D eigenvalue weighted by atomic mass is 10.0. The molecule has 0 radical (unpaired) electrons. The van der Waals surface area contributed by atoms with Gasteiger partial charge in [0.2, 0.25) is 5.91 Å². The Balaban J connectivity index is 1.31. The lowest BCUT2D eigenvalue weighted by molar-refractivity contribution is -0.127. The highest BCUT2D eigenvalue weighted by molar-refractivity contribution is 5.91. The van der Waals surface area contributed by atoms with Gasteiger partial charge in [0.05, 0.1) is 11.0 Å². The number of hydrogen-bond donors (Lipinski definition) is 0. The molecule has 0 bridgehead atoms. The van der Waals surface area contributed by atoms with E-state index >= 15 is 0 Å². The van der Waals surface area contributed by atoms with Crippen molar-refractivity contribution in [3.8, 4) is 0 Å². The maximum Gasteiger partial charge on any atom is 0.246 e. The predicted octanol–water partition coefficient (Wildman–Crippen LogP) is 4.90. The molecule has 31 heavy (non-hydrogen) atoms. The number of carbonyl (C=O) groups excluding carboxylic acids is 1. The molecule has 3 aromatic rings. The van der Waals surface area contributed by atoms with E-state index in [2.05, 4.69) is 22.8 Å². The number of ether oxygens (including phenoxy) is 1. The van der Waals surface area contributed by atoms with Crippen LogP contribution in [-0.2, 0) is 9.53 Å². The van der Waals surface area contributed by atoms with Gasteiger partial charge in [-0.25, -0.2) is 9.37 Å². The molecule has 0 aliphatic carbocycles. The van der Waals surface area contributed by atoms with Crippen molar-refractivity contribution in [3.63, 3.8) is 0 Å². The average Bonchev–Trinajstić information content (AvgIpc) is 3.45. The van der Waals surface area contributed by atoms with Crippen LogP contribution in [0, 0.1) is 5.82 Å². The minimum absolute atomic E-state index is 0.0300. The summed E-state index contributed by atoms with van der Waals surface area (Å²) in [5.74, 6) is 0.692. The molecular formula is C25H26FN3O2. The van der Waals surface area contributed by atoms with Crippen LogP contribution in [0.4, 0.5) is 4.39 Å². The molecule has 2 aliphatic rings. The Morgan fingerprint density at radius 3 is 2.71 bits per heavy atom. The van der Waals surface area contributed by atoms with Gasteiger partial charge in [-0.2, -0.15) is 0 Å². The van der Waals surface area contributed by atoms with Gasteiger partial charge >= 0.3 is 0 Å². The van der Waals surface area contributed by atoms with Crippen molar-refractivity contribution in [2.75, 3.05) is 19.7 Å². The van der Waals surface area contributed by atoms with Crippen molar-refractivity contribution in [3.05, 3.63) is 71.8 Å². The zero-order valence-corrected chi connectivity index (χ0v) is 17.4. The van der Waals surface area contributed by atoms with Crippen LogP contribution < -0.4 is 0 Å². The van der Waals surface area contributed by atoms with Gasteiger partial charge in [0.1, 0.15) is 17.7 Å². The number of aromatic nitrogens is 2. The van der Waals surface area contributed by atoms with Gasteiger partial charge in [-0.1, -0.05) is 24.3 Å². The number of halogens is 1. The van der Waals surface area contributed by atoms with Gasteiger partial charge in [0, 0.05) is 31.8 Å². The third kappa shape index (κ3) is 4.12. The Labute approximate surface area is 181 Å². The molecule has 1 atom stereocenters. The fraction of sp³-hybridized carbons (Fsp3) is 0.360. The molecule has 5 nitrogen and oxygen atoms in total. The SMILES string of the molecule is O=C(C=Cc1cccc(F)c1)N1CCC(n2c(C3CCCO3)nc3ccccc32)CC1. The number of nitrogens with zero attached hydrogens (tertiary/aromatic N) is 3. The number of hydrogen-bond acceptors (Lipinski definition) is 3. The summed E-state index contributed by atoms with van der Waals surface area (Å²) < 4.78 is 21.6. The minimum Gasteiger partial charge on any atom is -0.370 e. The van der Waals surface area contributed by atoms with Crippen molar-refractivity contribution in [1.29, 1.82) is 0 Å². The van der Waals surface area contributed by atoms with Crippen LogP contribution in [0.3, 0.4) is 0 Å². The van der Waals surface area contributed by atoms with Crippen molar-refractivity contribution < 1.29 is 13.9 Å². The lowest BCUT2D eigenvalue weighted by Gasteiger charge is -2.33. The second-order valence-electron chi connectivity index (χ2n) is 8.28.